The van der Waals surface area contributed by atoms with Gasteiger partial charge in [0.05, 0.1) is 11.2 Å². The molecular formula is C27H31N5O2. The number of carboxylic acids is 1. The number of piperidine rings is 1. The van der Waals surface area contributed by atoms with Gasteiger partial charge in [0.2, 0.25) is 0 Å². The molecule has 34 heavy (non-hydrogen) atoms. The van der Waals surface area contributed by atoms with E-state index in [2.05, 4.69) is 28.2 Å². The lowest BCUT2D eigenvalue weighted by molar-refractivity contribution is 0.0687. The first-order valence-electron chi connectivity index (χ1n) is 12.1. The minimum absolute atomic E-state index is 0.273. The van der Waals surface area contributed by atoms with Gasteiger partial charge in [0.1, 0.15) is 5.69 Å². The zero-order valence-electron chi connectivity index (χ0n) is 19.8. The largest absolute Gasteiger partial charge is 0.477 e. The highest BCUT2D eigenvalue weighted by atomic mass is 16.4. The Morgan fingerprint density at radius 3 is 2.76 bits per heavy atom. The van der Waals surface area contributed by atoms with Crippen molar-refractivity contribution < 1.29 is 9.90 Å². The molecule has 7 heteroatoms. The van der Waals surface area contributed by atoms with Crippen LogP contribution in [-0.2, 0) is 7.05 Å². The van der Waals surface area contributed by atoms with E-state index >= 15 is 0 Å². The fourth-order valence-electron chi connectivity index (χ4n) is 4.95. The molecule has 4 heterocycles. The van der Waals surface area contributed by atoms with E-state index in [1.807, 2.05) is 30.5 Å². The van der Waals surface area contributed by atoms with Gasteiger partial charge in [0.15, 0.2) is 0 Å². The molecule has 2 N–H and O–H groups in total. The lowest BCUT2D eigenvalue weighted by Gasteiger charge is -2.28. The van der Waals surface area contributed by atoms with Crippen LogP contribution in [0.1, 0.15) is 43.1 Å². The molecule has 3 aromatic heterocycles. The SMILES string of the molecule is CC(CCN1CCCCC1)Nc1cc(-c2ccc3c(c2)cc(C(=O)O)n3C)nc2ccncc12. The third-order valence-corrected chi connectivity index (χ3v) is 6.90. The second kappa shape index (κ2) is 9.43. The number of likely N-dealkylation sites (tertiary alicyclic amines) is 1. The standard InChI is InChI=1S/C27H31N5O2/c1-18(9-13-32-11-4-3-5-12-32)29-24-16-23(30-22-8-10-28-17-21(22)24)19-6-7-25-20(14-19)15-26(27(33)34)31(25)2/h6-8,10,14-18H,3-5,9,11-13H2,1-2H3,(H,29,30)(H,33,34). The number of benzene rings is 1. The first-order chi connectivity index (χ1) is 16.5. The van der Waals surface area contributed by atoms with Gasteiger partial charge < -0.3 is 19.9 Å². The van der Waals surface area contributed by atoms with Gasteiger partial charge in [-0.05, 0) is 69.6 Å². The number of aromatic carboxylic acids is 1. The van der Waals surface area contributed by atoms with Crippen LogP contribution in [0.3, 0.4) is 0 Å². The van der Waals surface area contributed by atoms with Crippen LogP contribution in [-0.4, -0.2) is 56.2 Å². The van der Waals surface area contributed by atoms with Crippen LogP contribution in [0.25, 0.3) is 33.1 Å². The zero-order chi connectivity index (χ0) is 23.7. The summed E-state index contributed by atoms with van der Waals surface area (Å²) >= 11 is 0. The third kappa shape index (κ3) is 4.48. The van der Waals surface area contributed by atoms with E-state index in [-0.39, 0.29) is 5.69 Å². The number of anilines is 1. The molecular weight excluding hydrogens is 426 g/mol. The Labute approximate surface area is 199 Å². The summed E-state index contributed by atoms with van der Waals surface area (Å²) in [6, 6.07) is 12.0. The molecule has 0 saturated carbocycles. The summed E-state index contributed by atoms with van der Waals surface area (Å²) in [5, 5.41) is 15.1. The van der Waals surface area contributed by atoms with Crippen LogP contribution in [0.2, 0.25) is 0 Å². The molecule has 5 rings (SSSR count). The Hall–Kier alpha value is -3.45. The third-order valence-electron chi connectivity index (χ3n) is 6.90. The number of hydrogen-bond acceptors (Lipinski definition) is 5. The summed E-state index contributed by atoms with van der Waals surface area (Å²) in [6.07, 6.45) is 8.69. The minimum Gasteiger partial charge on any atom is -0.477 e. The Kier molecular flexibility index (Phi) is 6.20. The van der Waals surface area contributed by atoms with Crippen LogP contribution in [0.5, 0.6) is 0 Å². The molecule has 1 fully saturated rings. The van der Waals surface area contributed by atoms with Crippen molar-refractivity contribution in [2.75, 3.05) is 25.0 Å². The molecule has 0 bridgehead atoms. The molecule has 1 saturated heterocycles. The first-order valence-corrected chi connectivity index (χ1v) is 12.1. The molecule has 176 valence electrons. The number of fused-ring (bicyclic) bond motifs is 2. The van der Waals surface area contributed by atoms with E-state index in [1.165, 1.54) is 32.4 Å². The molecule has 0 amide bonds. The lowest BCUT2D eigenvalue weighted by Crippen LogP contribution is -2.33. The highest BCUT2D eigenvalue weighted by molar-refractivity contribution is 5.97. The average Bonchev–Trinajstić information content (AvgIpc) is 3.19. The van der Waals surface area contributed by atoms with Crippen molar-refractivity contribution in [3.63, 3.8) is 0 Å². The van der Waals surface area contributed by atoms with Crippen LogP contribution in [0, 0.1) is 0 Å². The van der Waals surface area contributed by atoms with Gasteiger partial charge in [-0.3, -0.25) is 4.98 Å². The number of nitrogens with zero attached hydrogens (tertiary/aromatic N) is 4. The quantitative estimate of drug-likeness (QED) is 0.399. The van der Waals surface area contributed by atoms with Crippen molar-refractivity contribution in [2.24, 2.45) is 7.05 Å². The highest BCUT2D eigenvalue weighted by Gasteiger charge is 2.16. The molecule has 1 aliphatic heterocycles. The van der Waals surface area contributed by atoms with Crippen molar-refractivity contribution in [1.29, 1.82) is 0 Å². The van der Waals surface area contributed by atoms with E-state index in [1.54, 1.807) is 23.9 Å². The number of aromatic nitrogens is 3. The normalized spacial score (nSPS) is 15.6. The molecule has 7 nitrogen and oxygen atoms in total. The van der Waals surface area contributed by atoms with Crippen molar-refractivity contribution in [2.45, 2.75) is 38.6 Å². The Morgan fingerprint density at radius 1 is 1.15 bits per heavy atom. The first kappa shape index (κ1) is 22.3. The summed E-state index contributed by atoms with van der Waals surface area (Å²) in [5.74, 6) is -0.929. The van der Waals surface area contributed by atoms with Gasteiger partial charge in [-0.25, -0.2) is 9.78 Å². The lowest BCUT2D eigenvalue weighted by atomic mass is 10.1. The molecule has 1 atom stereocenters. The molecule has 1 unspecified atom stereocenters. The summed E-state index contributed by atoms with van der Waals surface area (Å²) in [4.78, 5) is 23.3. The molecule has 4 aromatic rings. The van der Waals surface area contributed by atoms with Gasteiger partial charge >= 0.3 is 5.97 Å². The second-order valence-corrected chi connectivity index (χ2v) is 9.35. The molecule has 0 aliphatic carbocycles. The van der Waals surface area contributed by atoms with Gasteiger partial charge in [0, 0.05) is 59.6 Å². The summed E-state index contributed by atoms with van der Waals surface area (Å²) in [5.41, 5.74) is 4.88. The molecule has 1 aliphatic rings. The maximum absolute atomic E-state index is 11.5. The van der Waals surface area contributed by atoms with Crippen LogP contribution >= 0.6 is 0 Å². The zero-order valence-corrected chi connectivity index (χ0v) is 19.8. The molecule has 0 spiro atoms. The summed E-state index contributed by atoms with van der Waals surface area (Å²) < 4.78 is 1.71. The van der Waals surface area contributed by atoms with Gasteiger partial charge in [-0.2, -0.15) is 0 Å². The number of pyridine rings is 2. The number of hydrogen-bond donors (Lipinski definition) is 2. The smallest absolute Gasteiger partial charge is 0.352 e. The van der Waals surface area contributed by atoms with E-state index < -0.39 is 5.97 Å². The number of carbonyl (C=O) groups is 1. The highest BCUT2D eigenvalue weighted by Crippen LogP contribution is 2.31. The van der Waals surface area contributed by atoms with Gasteiger partial charge in [-0.1, -0.05) is 12.5 Å². The van der Waals surface area contributed by atoms with Crippen molar-refractivity contribution in [3.8, 4) is 11.3 Å². The van der Waals surface area contributed by atoms with E-state index in [0.29, 0.717) is 6.04 Å². The van der Waals surface area contributed by atoms with Crippen molar-refractivity contribution in [3.05, 3.63) is 54.5 Å². The Morgan fingerprint density at radius 2 is 1.97 bits per heavy atom. The average molecular weight is 458 g/mol. The minimum atomic E-state index is -0.929. The predicted molar refractivity (Wildman–Crippen MR) is 136 cm³/mol. The fourth-order valence-corrected chi connectivity index (χ4v) is 4.95. The summed E-state index contributed by atoms with van der Waals surface area (Å²) in [7, 11) is 1.78. The number of carboxylic acid groups (broad SMARTS) is 1. The second-order valence-electron chi connectivity index (χ2n) is 9.35. The molecule has 1 aromatic carbocycles. The van der Waals surface area contributed by atoms with Crippen LogP contribution in [0.15, 0.2) is 48.8 Å². The Bertz CT molecular complexity index is 1340. The maximum atomic E-state index is 11.5. The monoisotopic (exact) mass is 457 g/mol. The molecule has 0 radical (unpaired) electrons. The van der Waals surface area contributed by atoms with Crippen LogP contribution in [0.4, 0.5) is 5.69 Å². The number of rotatable bonds is 7. The van der Waals surface area contributed by atoms with Gasteiger partial charge in [-0.15, -0.1) is 0 Å². The van der Waals surface area contributed by atoms with Crippen molar-refractivity contribution >= 4 is 33.5 Å². The van der Waals surface area contributed by atoms with Crippen LogP contribution < -0.4 is 5.32 Å². The van der Waals surface area contributed by atoms with E-state index in [4.69, 9.17) is 4.98 Å². The Balaban J connectivity index is 1.45. The topological polar surface area (TPSA) is 83.3 Å². The number of aryl methyl sites for hydroxylation is 1. The predicted octanol–water partition coefficient (Wildman–Crippen LogP) is 5.16. The van der Waals surface area contributed by atoms with Crippen molar-refractivity contribution in [1.82, 2.24) is 19.4 Å². The number of nitrogens with one attached hydrogen (secondary N) is 1. The maximum Gasteiger partial charge on any atom is 0.352 e. The fraction of sp³-hybridized carbons (Fsp3) is 0.370. The van der Waals surface area contributed by atoms with E-state index in [0.717, 1.165) is 51.7 Å². The van der Waals surface area contributed by atoms with E-state index in [9.17, 15) is 9.90 Å². The summed E-state index contributed by atoms with van der Waals surface area (Å²) in [6.45, 7) is 5.77. The van der Waals surface area contributed by atoms with Gasteiger partial charge in [0.25, 0.3) is 0 Å².